The minimum Gasteiger partial charge on any atom is -0.497 e. The largest absolute Gasteiger partial charge is 0.497 e. The van der Waals surface area contributed by atoms with Crippen LogP contribution in [0.5, 0.6) is 5.75 Å². The maximum atomic E-state index is 11.6. The van der Waals surface area contributed by atoms with Gasteiger partial charge in [-0.15, -0.1) is 5.10 Å². The Morgan fingerprint density at radius 3 is 2.68 bits per heavy atom. The number of benzene rings is 1. The number of carbonyl (C=O) groups is 2. The number of amides is 1. The number of carboxylic acids is 1. The molecule has 1 aliphatic rings. The van der Waals surface area contributed by atoms with Crippen molar-refractivity contribution in [1.82, 2.24) is 5.32 Å². The van der Waals surface area contributed by atoms with Crippen LogP contribution in [0.15, 0.2) is 34.5 Å². The van der Waals surface area contributed by atoms with Crippen molar-refractivity contribution in [1.29, 1.82) is 0 Å². The molecule has 22 heavy (non-hydrogen) atoms. The SMILES string of the molecule is COc1ccc(C(C)=NN=C2NC(=O)C(CC(=O)O)S2)cc1. The second kappa shape index (κ2) is 7.08. The van der Waals surface area contributed by atoms with Gasteiger partial charge in [0.05, 0.1) is 19.2 Å². The zero-order valence-corrected chi connectivity index (χ0v) is 12.9. The second-order valence-corrected chi connectivity index (χ2v) is 5.70. The molecule has 1 aromatic carbocycles. The maximum absolute atomic E-state index is 11.6. The summed E-state index contributed by atoms with van der Waals surface area (Å²) in [6.07, 6.45) is -0.239. The fourth-order valence-corrected chi connectivity index (χ4v) is 2.66. The lowest BCUT2D eigenvalue weighted by Crippen LogP contribution is -2.26. The van der Waals surface area contributed by atoms with Crippen LogP contribution in [0, 0.1) is 0 Å². The van der Waals surface area contributed by atoms with E-state index in [-0.39, 0.29) is 12.3 Å². The van der Waals surface area contributed by atoms with Crippen LogP contribution in [0.25, 0.3) is 0 Å². The number of amidine groups is 1. The van der Waals surface area contributed by atoms with E-state index in [2.05, 4.69) is 15.5 Å². The summed E-state index contributed by atoms with van der Waals surface area (Å²) in [4.78, 5) is 22.2. The van der Waals surface area contributed by atoms with Gasteiger partial charge in [-0.05, 0) is 36.8 Å². The van der Waals surface area contributed by atoms with Gasteiger partial charge in [0.25, 0.3) is 0 Å². The Bertz CT molecular complexity index is 640. The highest BCUT2D eigenvalue weighted by molar-refractivity contribution is 8.15. The van der Waals surface area contributed by atoms with Gasteiger partial charge in [0.15, 0.2) is 5.17 Å². The number of methoxy groups -OCH3 is 1. The number of carbonyl (C=O) groups excluding carboxylic acids is 1. The van der Waals surface area contributed by atoms with Crippen LogP contribution >= 0.6 is 11.8 Å². The fraction of sp³-hybridized carbons (Fsp3) is 0.286. The standard InChI is InChI=1S/C14H15N3O4S/c1-8(9-3-5-10(21-2)6-4-9)16-17-14-15-13(20)11(22-14)7-12(18)19/h3-6,11H,7H2,1-2H3,(H,18,19)(H,15,17,20). The summed E-state index contributed by atoms with van der Waals surface area (Å²) in [6.45, 7) is 1.79. The molecule has 0 aliphatic carbocycles. The normalized spacial score (nSPS) is 20.1. The predicted octanol–water partition coefficient (Wildman–Crippen LogP) is 1.48. The molecule has 1 heterocycles. The minimum atomic E-state index is -1.02. The van der Waals surface area contributed by atoms with Crippen LogP contribution in [0.2, 0.25) is 0 Å². The third kappa shape index (κ3) is 4.08. The van der Waals surface area contributed by atoms with Gasteiger partial charge in [-0.3, -0.25) is 9.59 Å². The Hall–Kier alpha value is -2.35. The van der Waals surface area contributed by atoms with E-state index in [4.69, 9.17) is 9.84 Å². The number of rotatable bonds is 5. The van der Waals surface area contributed by atoms with Crippen LogP contribution in [0.1, 0.15) is 18.9 Å². The molecule has 1 fully saturated rings. The molecule has 0 saturated carbocycles. The zero-order valence-electron chi connectivity index (χ0n) is 12.1. The maximum Gasteiger partial charge on any atom is 0.305 e. The van der Waals surface area contributed by atoms with Gasteiger partial charge in [-0.25, -0.2) is 0 Å². The number of nitrogens with zero attached hydrogens (tertiary/aromatic N) is 2. The van der Waals surface area contributed by atoms with E-state index in [0.29, 0.717) is 10.9 Å². The van der Waals surface area contributed by atoms with Crippen LogP contribution in [0.3, 0.4) is 0 Å². The minimum absolute atomic E-state index is 0.239. The van der Waals surface area contributed by atoms with Crippen LogP contribution < -0.4 is 10.1 Å². The van der Waals surface area contributed by atoms with E-state index >= 15 is 0 Å². The lowest BCUT2D eigenvalue weighted by molar-refractivity contribution is -0.138. The first-order valence-corrected chi connectivity index (χ1v) is 7.33. The van der Waals surface area contributed by atoms with Crippen molar-refractivity contribution in [3.8, 4) is 5.75 Å². The van der Waals surface area contributed by atoms with E-state index in [1.54, 1.807) is 14.0 Å². The van der Waals surface area contributed by atoms with E-state index in [0.717, 1.165) is 23.1 Å². The van der Waals surface area contributed by atoms with Gasteiger partial charge in [-0.2, -0.15) is 5.10 Å². The molecule has 2 rings (SSSR count). The lowest BCUT2D eigenvalue weighted by Gasteiger charge is -2.01. The third-order valence-electron chi connectivity index (χ3n) is 2.94. The molecule has 1 amide bonds. The van der Waals surface area contributed by atoms with E-state index in [9.17, 15) is 9.59 Å². The molecular weight excluding hydrogens is 306 g/mol. The van der Waals surface area contributed by atoms with E-state index < -0.39 is 11.2 Å². The molecule has 0 spiro atoms. The summed E-state index contributed by atoms with van der Waals surface area (Å²) in [7, 11) is 1.59. The number of ether oxygens (including phenoxy) is 1. The topological polar surface area (TPSA) is 100 Å². The Kier molecular flexibility index (Phi) is 5.16. The summed E-state index contributed by atoms with van der Waals surface area (Å²) < 4.78 is 5.08. The second-order valence-electron chi connectivity index (χ2n) is 4.51. The van der Waals surface area contributed by atoms with Gasteiger partial charge < -0.3 is 15.2 Å². The number of nitrogens with one attached hydrogen (secondary N) is 1. The Morgan fingerprint density at radius 1 is 1.41 bits per heavy atom. The number of hydrogen-bond donors (Lipinski definition) is 2. The molecular formula is C14H15N3O4S. The lowest BCUT2D eigenvalue weighted by atomic mass is 10.1. The molecule has 1 atom stereocenters. The molecule has 0 aromatic heterocycles. The molecule has 0 bridgehead atoms. The number of hydrogen-bond acceptors (Lipinski definition) is 6. The molecule has 2 N–H and O–H groups in total. The van der Waals surface area contributed by atoms with E-state index in [1.807, 2.05) is 24.3 Å². The van der Waals surface area contributed by atoms with Crippen molar-refractivity contribution < 1.29 is 19.4 Å². The van der Waals surface area contributed by atoms with Crippen molar-refractivity contribution in [2.45, 2.75) is 18.6 Å². The number of carboxylic acid groups (broad SMARTS) is 1. The molecule has 7 nitrogen and oxygen atoms in total. The molecule has 1 unspecified atom stereocenters. The summed E-state index contributed by atoms with van der Waals surface area (Å²) in [5.74, 6) is -0.631. The van der Waals surface area contributed by atoms with Crippen molar-refractivity contribution in [3.05, 3.63) is 29.8 Å². The number of aliphatic carboxylic acids is 1. The first kappa shape index (κ1) is 16.0. The summed E-state index contributed by atoms with van der Waals surface area (Å²) in [5, 5.41) is 18.9. The molecule has 8 heteroatoms. The molecule has 1 saturated heterocycles. The van der Waals surface area contributed by atoms with Crippen LogP contribution in [0.4, 0.5) is 0 Å². The monoisotopic (exact) mass is 321 g/mol. The first-order valence-electron chi connectivity index (χ1n) is 6.45. The quantitative estimate of drug-likeness (QED) is 0.632. The summed E-state index contributed by atoms with van der Waals surface area (Å²) in [5.41, 5.74) is 1.55. The van der Waals surface area contributed by atoms with Gasteiger partial charge in [0.2, 0.25) is 5.91 Å². The van der Waals surface area contributed by atoms with Crippen molar-refractivity contribution in [2.24, 2.45) is 10.2 Å². The first-order chi connectivity index (χ1) is 10.5. The fourth-order valence-electron chi connectivity index (χ4n) is 1.76. The average Bonchev–Trinajstić information content (AvgIpc) is 2.84. The molecule has 0 radical (unpaired) electrons. The van der Waals surface area contributed by atoms with Gasteiger partial charge >= 0.3 is 5.97 Å². The van der Waals surface area contributed by atoms with Crippen molar-refractivity contribution in [2.75, 3.05) is 7.11 Å². The van der Waals surface area contributed by atoms with Gasteiger partial charge in [0, 0.05) is 0 Å². The smallest absolute Gasteiger partial charge is 0.305 e. The zero-order chi connectivity index (χ0) is 16.1. The van der Waals surface area contributed by atoms with Gasteiger partial charge in [-0.1, -0.05) is 11.8 Å². The van der Waals surface area contributed by atoms with Crippen molar-refractivity contribution in [3.63, 3.8) is 0 Å². The summed E-state index contributed by atoms with van der Waals surface area (Å²) in [6, 6.07) is 7.34. The number of thioether (sulfide) groups is 1. The Morgan fingerprint density at radius 2 is 2.09 bits per heavy atom. The highest BCUT2D eigenvalue weighted by Crippen LogP contribution is 2.22. The highest BCUT2D eigenvalue weighted by atomic mass is 32.2. The molecule has 1 aromatic rings. The highest BCUT2D eigenvalue weighted by Gasteiger charge is 2.32. The van der Waals surface area contributed by atoms with Crippen LogP contribution in [-0.4, -0.2) is 40.2 Å². The molecule has 116 valence electrons. The van der Waals surface area contributed by atoms with E-state index in [1.165, 1.54) is 0 Å². The molecule has 1 aliphatic heterocycles. The Labute approximate surface area is 131 Å². The predicted molar refractivity (Wildman–Crippen MR) is 84.4 cm³/mol. The Balaban J connectivity index is 2.06. The van der Waals surface area contributed by atoms with Gasteiger partial charge in [0.1, 0.15) is 11.0 Å². The van der Waals surface area contributed by atoms with Crippen LogP contribution in [-0.2, 0) is 9.59 Å². The average molecular weight is 321 g/mol. The van der Waals surface area contributed by atoms with Crippen molar-refractivity contribution >= 4 is 34.5 Å². The third-order valence-corrected chi connectivity index (χ3v) is 4.01. The summed E-state index contributed by atoms with van der Waals surface area (Å²) >= 11 is 1.07.